The fraction of sp³-hybridized carbons (Fsp3) is 0.320. The molecule has 6 nitrogen and oxygen atoms in total. The summed E-state index contributed by atoms with van der Waals surface area (Å²) in [5, 5.41) is 1.97. The minimum absolute atomic E-state index is 0.00698. The number of nitrogens with one attached hydrogen (secondary N) is 1. The Bertz CT molecular complexity index is 1180. The first-order valence-electron chi connectivity index (χ1n) is 11.0. The molecule has 1 fully saturated rings. The van der Waals surface area contributed by atoms with E-state index in [0.717, 1.165) is 66.5 Å². The number of benzene rings is 2. The summed E-state index contributed by atoms with van der Waals surface area (Å²) in [6.45, 7) is 2.77. The Kier molecular flexibility index (Phi) is 5.38. The molecule has 0 unspecified atom stereocenters. The van der Waals surface area contributed by atoms with Gasteiger partial charge in [-0.15, -0.1) is 0 Å². The van der Waals surface area contributed by atoms with E-state index in [1.807, 2.05) is 60.5 Å². The SMILES string of the molecule is CN(C(=O)c1nccc2ccccc12)[C@H]1CCCN(Cc2nc3ccccc3[nH]2)CC1. The molecule has 0 aliphatic carbocycles. The van der Waals surface area contributed by atoms with E-state index in [4.69, 9.17) is 4.98 Å². The van der Waals surface area contributed by atoms with Crippen LogP contribution in [0.15, 0.2) is 60.8 Å². The number of likely N-dealkylation sites (tertiary alicyclic amines) is 1. The average molecular weight is 414 g/mol. The van der Waals surface area contributed by atoms with Gasteiger partial charge in [-0.1, -0.05) is 36.4 Å². The second kappa shape index (κ2) is 8.47. The third-order valence-electron chi connectivity index (χ3n) is 6.35. The number of imidazole rings is 1. The number of nitrogens with zero attached hydrogens (tertiary/aromatic N) is 4. The van der Waals surface area contributed by atoms with Crippen LogP contribution in [-0.4, -0.2) is 56.8 Å². The van der Waals surface area contributed by atoms with Crippen molar-refractivity contribution >= 4 is 27.7 Å². The second-order valence-electron chi connectivity index (χ2n) is 8.36. The minimum atomic E-state index is 0.00698. The predicted molar refractivity (Wildman–Crippen MR) is 123 cm³/mol. The molecule has 0 bridgehead atoms. The lowest BCUT2D eigenvalue weighted by Gasteiger charge is -2.27. The number of carbonyl (C=O) groups excluding carboxylic acids is 1. The van der Waals surface area contributed by atoms with Crippen LogP contribution in [0.3, 0.4) is 0 Å². The maximum Gasteiger partial charge on any atom is 0.273 e. The summed E-state index contributed by atoms with van der Waals surface area (Å²) in [6.07, 6.45) is 4.74. The fourth-order valence-electron chi connectivity index (χ4n) is 4.60. The van der Waals surface area contributed by atoms with E-state index >= 15 is 0 Å². The highest BCUT2D eigenvalue weighted by Crippen LogP contribution is 2.22. The van der Waals surface area contributed by atoms with Crippen LogP contribution in [0.4, 0.5) is 0 Å². The van der Waals surface area contributed by atoms with Gasteiger partial charge in [-0.05, 0) is 49.4 Å². The van der Waals surface area contributed by atoms with Crippen molar-refractivity contribution in [2.24, 2.45) is 0 Å². The van der Waals surface area contributed by atoms with Crippen molar-refractivity contribution in [2.75, 3.05) is 20.1 Å². The van der Waals surface area contributed by atoms with Gasteiger partial charge >= 0.3 is 0 Å². The normalized spacial score (nSPS) is 17.6. The number of fused-ring (bicyclic) bond motifs is 2. The molecule has 2 aromatic heterocycles. The summed E-state index contributed by atoms with van der Waals surface area (Å²) < 4.78 is 0. The van der Waals surface area contributed by atoms with Crippen molar-refractivity contribution in [1.29, 1.82) is 0 Å². The molecule has 31 heavy (non-hydrogen) atoms. The Morgan fingerprint density at radius 1 is 1.10 bits per heavy atom. The Hall–Kier alpha value is -3.25. The molecule has 0 spiro atoms. The quantitative estimate of drug-likeness (QED) is 0.544. The van der Waals surface area contributed by atoms with E-state index in [2.05, 4.69) is 20.9 Å². The molecule has 1 aliphatic heterocycles. The molecule has 158 valence electrons. The number of aromatic nitrogens is 3. The smallest absolute Gasteiger partial charge is 0.273 e. The molecule has 4 aromatic rings. The number of hydrogen-bond acceptors (Lipinski definition) is 4. The predicted octanol–water partition coefficient (Wildman–Crippen LogP) is 4.24. The van der Waals surface area contributed by atoms with E-state index in [0.29, 0.717) is 5.69 Å². The largest absolute Gasteiger partial charge is 0.341 e. The van der Waals surface area contributed by atoms with Crippen molar-refractivity contribution in [3.05, 3.63) is 72.3 Å². The molecule has 0 saturated carbocycles. The van der Waals surface area contributed by atoms with Gasteiger partial charge in [-0.3, -0.25) is 14.7 Å². The summed E-state index contributed by atoms with van der Waals surface area (Å²) in [4.78, 5) is 30.2. The van der Waals surface area contributed by atoms with E-state index < -0.39 is 0 Å². The minimum Gasteiger partial charge on any atom is -0.341 e. The highest BCUT2D eigenvalue weighted by Gasteiger charge is 2.26. The monoisotopic (exact) mass is 413 g/mol. The highest BCUT2D eigenvalue weighted by molar-refractivity contribution is 6.05. The summed E-state index contributed by atoms with van der Waals surface area (Å²) >= 11 is 0. The summed E-state index contributed by atoms with van der Waals surface area (Å²) in [6, 6.07) is 18.3. The van der Waals surface area contributed by atoms with Gasteiger partial charge < -0.3 is 9.88 Å². The molecule has 1 saturated heterocycles. The van der Waals surface area contributed by atoms with Gasteiger partial charge in [0.2, 0.25) is 0 Å². The Labute approximate surface area is 181 Å². The van der Waals surface area contributed by atoms with Gasteiger partial charge in [-0.2, -0.15) is 0 Å². The maximum absolute atomic E-state index is 13.3. The Morgan fingerprint density at radius 3 is 2.84 bits per heavy atom. The zero-order valence-electron chi connectivity index (χ0n) is 17.8. The number of hydrogen-bond donors (Lipinski definition) is 1. The highest BCUT2D eigenvalue weighted by atomic mass is 16.2. The number of aromatic amines is 1. The lowest BCUT2D eigenvalue weighted by atomic mass is 10.1. The first kappa shape index (κ1) is 19.7. The zero-order valence-corrected chi connectivity index (χ0v) is 17.8. The standard InChI is InChI=1S/C25H27N5O/c1-29(25(31)24-20-9-3-2-7-18(20)12-14-26-24)19-8-6-15-30(16-13-19)17-23-27-21-10-4-5-11-22(21)28-23/h2-5,7,9-12,14,19H,6,8,13,15-17H2,1H3,(H,27,28)/t19-/m0/s1. The third-order valence-corrected chi connectivity index (χ3v) is 6.35. The number of pyridine rings is 1. The molecule has 1 aliphatic rings. The van der Waals surface area contributed by atoms with E-state index in [1.165, 1.54) is 0 Å². The topological polar surface area (TPSA) is 65.1 Å². The molecule has 0 radical (unpaired) electrons. The summed E-state index contributed by atoms with van der Waals surface area (Å²) in [5.41, 5.74) is 2.64. The number of carbonyl (C=O) groups is 1. The van der Waals surface area contributed by atoms with Gasteiger partial charge in [0.1, 0.15) is 11.5 Å². The molecule has 1 N–H and O–H groups in total. The maximum atomic E-state index is 13.3. The molecular weight excluding hydrogens is 386 g/mol. The summed E-state index contributed by atoms with van der Waals surface area (Å²) in [5.74, 6) is 1.01. The molecule has 5 rings (SSSR count). The molecule has 1 atom stereocenters. The average Bonchev–Trinajstić information content (AvgIpc) is 3.07. The van der Waals surface area contributed by atoms with Crippen LogP contribution < -0.4 is 0 Å². The van der Waals surface area contributed by atoms with Crippen molar-refractivity contribution in [3.8, 4) is 0 Å². The van der Waals surface area contributed by atoms with E-state index in [9.17, 15) is 4.79 Å². The van der Waals surface area contributed by atoms with Crippen LogP contribution in [-0.2, 0) is 6.54 Å². The number of amides is 1. The van der Waals surface area contributed by atoms with Crippen LogP contribution in [0.25, 0.3) is 21.8 Å². The van der Waals surface area contributed by atoms with Crippen molar-refractivity contribution < 1.29 is 4.79 Å². The van der Waals surface area contributed by atoms with E-state index in [1.54, 1.807) is 6.20 Å². The van der Waals surface area contributed by atoms with Crippen LogP contribution >= 0.6 is 0 Å². The van der Waals surface area contributed by atoms with Gasteiger partial charge in [0.25, 0.3) is 5.91 Å². The van der Waals surface area contributed by atoms with Crippen LogP contribution in [0.2, 0.25) is 0 Å². The molecule has 1 amide bonds. The van der Waals surface area contributed by atoms with Crippen molar-refractivity contribution in [3.63, 3.8) is 0 Å². The lowest BCUT2D eigenvalue weighted by molar-refractivity contribution is 0.0713. The zero-order chi connectivity index (χ0) is 21.2. The fourth-order valence-corrected chi connectivity index (χ4v) is 4.60. The Balaban J connectivity index is 1.26. The van der Waals surface area contributed by atoms with Gasteiger partial charge in [0.05, 0.1) is 17.6 Å². The van der Waals surface area contributed by atoms with Crippen molar-refractivity contribution in [2.45, 2.75) is 31.8 Å². The first-order valence-corrected chi connectivity index (χ1v) is 11.0. The first-order chi connectivity index (χ1) is 15.2. The third kappa shape index (κ3) is 4.03. The molecule has 2 aromatic carbocycles. The second-order valence-corrected chi connectivity index (χ2v) is 8.36. The number of rotatable bonds is 4. The van der Waals surface area contributed by atoms with Crippen LogP contribution in [0.1, 0.15) is 35.6 Å². The van der Waals surface area contributed by atoms with Gasteiger partial charge in [0.15, 0.2) is 0 Å². The number of H-pyrrole nitrogens is 1. The Morgan fingerprint density at radius 2 is 1.94 bits per heavy atom. The summed E-state index contributed by atoms with van der Waals surface area (Å²) in [7, 11) is 1.92. The molecule has 3 heterocycles. The van der Waals surface area contributed by atoms with Gasteiger partial charge in [-0.25, -0.2) is 4.98 Å². The van der Waals surface area contributed by atoms with Gasteiger partial charge in [0, 0.05) is 31.2 Å². The molecule has 6 heteroatoms. The van der Waals surface area contributed by atoms with E-state index in [-0.39, 0.29) is 11.9 Å². The molecular formula is C25H27N5O. The van der Waals surface area contributed by atoms with Crippen LogP contribution in [0, 0.1) is 0 Å². The number of para-hydroxylation sites is 2. The van der Waals surface area contributed by atoms with Crippen molar-refractivity contribution in [1.82, 2.24) is 24.8 Å². The van der Waals surface area contributed by atoms with Crippen LogP contribution in [0.5, 0.6) is 0 Å². The lowest BCUT2D eigenvalue weighted by Crippen LogP contribution is -2.38.